The zero-order valence-corrected chi connectivity index (χ0v) is 5.52. The summed E-state index contributed by atoms with van der Waals surface area (Å²) in [5.41, 5.74) is 0. The van der Waals surface area contributed by atoms with E-state index in [9.17, 15) is 4.39 Å². The van der Waals surface area contributed by atoms with Gasteiger partial charge in [-0.15, -0.1) is 0 Å². The first-order chi connectivity index (χ1) is 4.43. The molecule has 1 aliphatic rings. The van der Waals surface area contributed by atoms with E-state index in [4.69, 9.17) is 0 Å². The van der Waals surface area contributed by atoms with E-state index >= 15 is 0 Å². The van der Waals surface area contributed by atoms with Crippen molar-refractivity contribution in [2.75, 3.05) is 39.4 Å². The van der Waals surface area contributed by atoms with Crippen LogP contribution in [0.3, 0.4) is 0 Å². The first-order valence-electron chi connectivity index (χ1n) is 3.35. The Morgan fingerprint density at radius 1 is 1.33 bits per heavy atom. The predicted molar refractivity (Wildman–Crippen MR) is 34.3 cm³/mol. The topological polar surface area (TPSA) is 17.3 Å². The van der Waals surface area contributed by atoms with Crippen molar-refractivity contribution in [2.45, 2.75) is 0 Å². The highest BCUT2D eigenvalue weighted by atomic mass is 19.1. The van der Waals surface area contributed by atoms with Crippen molar-refractivity contribution < 1.29 is 4.39 Å². The van der Waals surface area contributed by atoms with E-state index in [0.717, 1.165) is 26.2 Å². The van der Waals surface area contributed by atoms with Crippen LogP contribution in [0.5, 0.6) is 0 Å². The highest BCUT2D eigenvalue weighted by molar-refractivity contribution is 4.65. The zero-order valence-electron chi connectivity index (χ0n) is 5.52. The van der Waals surface area contributed by atoms with Crippen LogP contribution in [0.25, 0.3) is 0 Å². The van der Waals surface area contributed by atoms with E-state index in [1.54, 1.807) is 0 Å². The monoisotopic (exact) mass is 131 g/mol. The van der Waals surface area contributed by atoms with Crippen LogP contribution in [0.1, 0.15) is 0 Å². The van der Waals surface area contributed by atoms with E-state index in [0.29, 0.717) is 6.54 Å². The molecule has 3 heteroatoms. The number of rotatable bonds is 2. The molecular formula is C6H12FN2. The molecule has 0 saturated carbocycles. The molecule has 0 bridgehead atoms. The van der Waals surface area contributed by atoms with Crippen molar-refractivity contribution in [1.29, 1.82) is 0 Å². The Kier molecular flexibility index (Phi) is 2.94. The minimum absolute atomic E-state index is 0.222. The molecule has 1 saturated heterocycles. The molecule has 0 N–H and O–H groups in total. The number of hydrogen-bond acceptors (Lipinski definition) is 1. The molecular weight excluding hydrogens is 119 g/mol. The van der Waals surface area contributed by atoms with Gasteiger partial charge in [0.1, 0.15) is 6.67 Å². The van der Waals surface area contributed by atoms with Gasteiger partial charge in [0.2, 0.25) is 0 Å². The summed E-state index contributed by atoms with van der Waals surface area (Å²) in [7, 11) is 0. The van der Waals surface area contributed by atoms with Gasteiger partial charge in [-0.1, -0.05) is 0 Å². The highest BCUT2D eigenvalue weighted by Gasteiger charge is 2.08. The average Bonchev–Trinajstić information content (AvgIpc) is 1.91. The van der Waals surface area contributed by atoms with Gasteiger partial charge in [0.25, 0.3) is 0 Å². The summed E-state index contributed by atoms with van der Waals surface area (Å²) in [6.45, 7) is 4.04. The molecule has 53 valence electrons. The number of nitrogens with zero attached hydrogens (tertiary/aromatic N) is 2. The van der Waals surface area contributed by atoms with Gasteiger partial charge >= 0.3 is 0 Å². The number of piperazine rings is 1. The van der Waals surface area contributed by atoms with E-state index in [1.165, 1.54) is 0 Å². The van der Waals surface area contributed by atoms with Gasteiger partial charge in [-0.2, -0.15) is 0 Å². The minimum Gasteiger partial charge on any atom is -0.298 e. The molecule has 1 heterocycles. The third kappa shape index (κ3) is 2.28. The summed E-state index contributed by atoms with van der Waals surface area (Å²) < 4.78 is 11.7. The van der Waals surface area contributed by atoms with Crippen molar-refractivity contribution in [1.82, 2.24) is 10.2 Å². The van der Waals surface area contributed by atoms with Gasteiger partial charge in [-0.05, 0) is 0 Å². The van der Waals surface area contributed by atoms with Gasteiger partial charge in [-0.3, -0.25) is 4.90 Å². The van der Waals surface area contributed by atoms with E-state index < -0.39 is 0 Å². The lowest BCUT2D eigenvalue weighted by Gasteiger charge is -2.24. The van der Waals surface area contributed by atoms with Crippen LogP contribution in [0, 0.1) is 0 Å². The van der Waals surface area contributed by atoms with E-state index in [1.807, 2.05) is 0 Å². The second kappa shape index (κ2) is 3.80. The van der Waals surface area contributed by atoms with Gasteiger partial charge in [0.15, 0.2) is 0 Å². The third-order valence-electron chi connectivity index (χ3n) is 1.55. The molecule has 0 aliphatic carbocycles. The van der Waals surface area contributed by atoms with E-state index in [2.05, 4.69) is 10.2 Å². The van der Waals surface area contributed by atoms with Crippen molar-refractivity contribution in [3.05, 3.63) is 0 Å². The third-order valence-corrected chi connectivity index (χ3v) is 1.55. The molecule has 1 fully saturated rings. The quantitative estimate of drug-likeness (QED) is 0.510. The van der Waals surface area contributed by atoms with Crippen LogP contribution in [0.15, 0.2) is 0 Å². The van der Waals surface area contributed by atoms with Crippen molar-refractivity contribution in [3.8, 4) is 0 Å². The van der Waals surface area contributed by atoms with Gasteiger partial charge in [0, 0.05) is 32.7 Å². The van der Waals surface area contributed by atoms with E-state index in [-0.39, 0.29) is 6.67 Å². The molecule has 1 aliphatic heterocycles. The number of alkyl halides is 1. The summed E-state index contributed by atoms with van der Waals surface area (Å²) in [5, 5.41) is 4.15. The van der Waals surface area contributed by atoms with Crippen LogP contribution in [-0.2, 0) is 0 Å². The Morgan fingerprint density at radius 3 is 2.56 bits per heavy atom. The first-order valence-corrected chi connectivity index (χ1v) is 3.35. The Labute approximate surface area is 55.0 Å². The predicted octanol–water partition coefficient (Wildman–Crippen LogP) is -0.124. The van der Waals surface area contributed by atoms with Crippen LogP contribution >= 0.6 is 0 Å². The number of hydrogen-bond donors (Lipinski definition) is 0. The fourth-order valence-corrected chi connectivity index (χ4v) is 0.991. The summed E-state index contributed by atoms with van der Waals surface area (Å²) in [6, 6.07) is 0. The van der Waals surface area contributed by atoms with Crippen LogP contribution in [0.2, 0.25) is 0 Å². The van der Waals surface area contributed by atoms with Gasteiger partial charge in [-0.25, -0.2) is 9.71 Å². The molecule has 1 radical (unpaired) electrons. The molecule has 0 aromatic heterocycles. The lowest BCUT2D eigenvalue weighted by molar-refractivity contribution is 0.219. The maximum absolute atomic E-state index is 11.7. The maximum Gasteiger partial charge on any atom is 0.102 e. The SMILES string of the molecule is FCCN1CC[N]CC1. The summed E-state index contributed by atoms with van der Waals surface area (Å²) in [6.07, 6.45) is 0. The second-order valence-corrected chi connectivity index (χ2v) is 2.20. The molecule has 0 spiro atoms. The van der Waals surface area contributed by atoms with Crippen LogP contribution in [0.4, 0.5) is 4.39 Å². The fourth-order valence-electron chi connectivity index (χ4n) is 0.991. The van der Waals surface area contributed by atoms with Gasteiger partial charge in [0.05, 0.1) is 0 Å². The Hall–Kier alpha value is -0.150. The zero-order chi connectivity index (χ0) is 6.53. The summed E-state index contributed by atoms with van der Waals surface area (Å²) in [5.74, 6) is 0. The Morgan fingerprint density at radius 2 is 2.00 bits per heavy atom. The second-order valence-electron chi connectivity index (χ2n) is 2.20. The maximum atomic E-state index is 11.7. The molecule has 0 atom stereocenters. The molecule has 0 amide bonds. The first kappa shape index (κ1) is 6.96. The molecule has 2 nitrogen and oxygen atoms in total. The standard InChI is InChI=1S/C6H12FN2/c7-1-4-9-5-2-8-3-6-9/h1-6H2. The van der Waals surface area contributed by atoms with Gasteiger partial charge < -0.3 is 0 Å². The molecule has 0 unspecified atom stereocenters. The molecule has 9 heavy (non-hydrogen) atoms. The van der Waals surface area contributed by atoms with Crippen molar-refractivity contribution in [3.63, 3.8) is 0 Å². The largest absolute Gasteiger partial charge is 0.298 e. The smallest absolute Gasteiger partial charge is 0.102 e. The number of halogens is 1. The van der Waals surface area contributed by atoms with Crippen LogP contribution in [-0.4, -0.2) is 44.3 Å². The Balaban J connectivity index is 2.08. The summed E-state index contributed by atoms with van der Waals surface area (Å²) in [4.78, 5) is 2.10. The van der Waals surface area contributed by atoms with Crippen molar-refractivity contribution >= 4 is 0 Å². The van der Waals surface area contributed by atoms with Crippen LogP contribution < -0.4 is 5.32 Å². The molecule has 0 aromatic carbocycles. The molecule has 0 aromatic rings. The lowest BCUT2D eigenvalue weighted by Crippen LogP contribution is -2.41. The Bertz CT molecular complexity index is 68.7. The average molecular weight is 131 g/mol. The van der Waals surface area contributed by atoms with Crippen molar-refractivity contribution in [2.24, 2.45) is 0 Å². The normalized spacial score (nSPS) is 22.3. The lowest BCUT2D eigenvalue weighted by atomic mass is 10.4. The highest BCUT2D eigenvalue weighted by Crippen LogP contribution is 1.91. The molecule has 1 rings (SSSR count). The summed E-state index contributed by atoms with van der Waals surface area (Å²) >= 11 is 0. The minimum atomic E-state index is -0.222. The fraction of sp³-hybridized carbons (Fsp3) is 1.00.